The summed E-state index contributed by atoms with van der Waals surface area (Å²) in [7, 11) is 0. The molecule has 5 heterocycles. The van der Waals surface area contributed by atoms with Gasteiger partial charge in [-0.3, -0.25) is 4.57 Å². The number of fused-ring (bicyclic) bond motifs is 2. The van der Waals surface area contributed by atoms with E-state index in [-0.39, 0.29) is 11.7 Å². The molecule has 1 atom stereocenters. The van der Waals surface area contributed by atoms with Crippen molar-refractivity contribution in [3.63, 3.8) is 0 Å². The van der Waals surface area contributed by atoms with Gasteiger partial charge in [0.2, 0.25) is 0 Å². The number of pyridine rings is 1. The summed E-state index contributed by atoms with van der Waals surface area (Å²) >= 11 is 0. The maximum atomic E-state index is 12.3. The highest BCUT2D eigenvalue weighted by atomic mass is 16.1. The number of nitrogens with zero attached hydrogens (tertiary/aromatic N) is 5. The van der Waals surface area contributed by atoms with Gasteiger partial charge in [-0.25, -0.2) is 19.3 Å². The van der Waals surface area contributed by atoms with Gasteiger partial charge in [0.25, 0.3) is 0 Å². The van der Waals surface area contributed by atoms with Crippen molar-refractivity contribution >= 4 is 16.7 Å². The van der Waals surface area contributed by atoms with E-state index in [1.807, 2.05) is 24.4 Å². The summed E-state index contributed by atoms with van der Waals surface area (Å²) in [5, 5.41) is 7.62. The van der Waals surface area contributed by atoms with Gasteiger partial charge in [0.1, 0.15) is 5.52 Å². The fourth-order valence-electron chi connectivity index (χ4n) is 3.35. The molecule has 0 bridgehead atoms. The summed E-state index contributed by atoms with van der Waals surface area (Å²) in [6.45, 7) is 1.69. The summed E-state index contributed by atoms with van der Waals surface area (Å²) in [4.78, 5) is 24.3. The van der Waals surface area contributed by atoms with Crippen molar-refractivity contribution in [2.24, 2.45) is 0 Å². The van der Waals surface area contributed by atoms with Crippen LogP contribution in [0.4, 0.5) is 0 Å². The van der Waals surface area contributed by atoms with Gasteiger partial charge in [0, 0.05) is 12.7 Å². The molecule has 1 saturated heterocycles. The Morgan fingerprint density at radius 3 is 3.08 bits per heavy atom. The van der Waals surface area contributed by atoms with Crippen LogP contribution < -0.4 is 11.0 Å². The van der Waals surface area contributed by atoms with Gasteiger partial charge in [0.05, 0.1) is 29.5 Å². The molecule has 4 aromatic rings. The Hall–Kier alpha value is -3.00. The summed E-state index contributed by atoms with van der Waals surface area (Å²) in [5.41, 5.74) is 2.96. The molecule has 0 radical (unpaired) electrons. The van der Waals surface area contributed by atoms with Crippen molar-refractivity contribution in [1.29, 1.82) is 0 Å². The van der Waals surface area contributed by atoms with E-state index in [1.165, 1.54) is 0 Å². The van der Waals surface area contributed by atoms with Crippen LogP contribution in [-0.4, -0.2) is 42.2 Å². The van der Waals surface area contributed by atoms with Crippen LogP contribution in [0.15, 0.2) is 41.6 Å². The molecule has 120 valence electrons. The maximum Gasteiger partial charge on any atom is 0.328 e. The minimum absolute atomic E-state index is 0.123. The van der Waals surface area contributed by atoms with Crippen molar-refractivity contribution in [2.75, 3.05) is 13.1 Å². The normalized spacial score (nSPS) is 17.9. The smallest absolute Gasteiger partial charge is 0.315 e. The number of aromatic nitrogens is 6. The first-order chi connectivity index (χ1) is 11.8. The summed E-state index contributed by atoms with van der Waals surface area (Å²) in [6, 6.07) is 5.97. The molecule has 0 amide bonds. The topological polar surface area (TPSA) is 92.9 Å². The fourth-order valence-corrected chi connectivity index (χ4v) is 3.35. The zero-order valence-corrected chi connectivity index (χ0v) is 12.8. The maximum absolute atomic E-state index is 12.3. The highest BCUT2D eigenvalue weighted by Gasteiger charge is 2.22. The molecule has 0 spiro atoms. The first-order valence-corrected chi connectivity index (χ1v) is 7.92. The lowest BCUT2D eigenvalue weighted by atomic mass is 10.2. The minimum atomic E-state index is -0.134. The second-order valence-electron chi connectivity index (χ2n) is 5.97. The molecule has 0 saturated carbocycles. The van der Waals surface area contributed by atoms with Gasteiger partial charge in [-0.1, -0.05) is 6.07 Å². The molecular formula is C16H15N7O. The average molecular weight is 321 g/mol. The fraction of sp³-hybridized carbons (Fsp3) is 0.250. The molecule has 0 aliphatic carbocycles. The first kappa shape index (κ1) is 13.4. The molecule has 2 N–H and O–H groups in total. The predicted octanol–water partition coefficient (Wildman–Crippen LogP) is 0.969. The van der Waals surface area contributed by atoms with E-state index >= 15 is 0 Å². The molecule has 1 aliphatic heterocycles. The Labute approximate surface area is 136 Å². The molecule has 1 fully saturated rings. The average Bonchev–Trinajstić information content (AvgIpc) is 3.31. The van der Waals surface area contributed by atoms with Crippen molar-refractivity contribution in [1.82, 2.24) is 34.4 Å². The lowest BCUT2D eigenvalue weighted by molar-refractivity contribution is 0.542. The highest BCUT2D eigenvalue weighted by molar-refractivity contribution is 5.79. The highest BCUT2D eigenvalue weighted by Crippen LogP contribution is 2.24. The Morgan fingerprint density at radius 2 is 2.21 bits per heavy atom. The van der Waals surface area contributed by atoms with Crippen LogP contribution in [0.5, 0.6) is 0 Å². The number of hydrogen-bond donors (Lipinski definition) is 2. The van der Waals surface area contributed by atoms with Gasteiger partial charge >= 0.3 is 5.69 Å². The van der Waals surface area contributed by atoms with Gasteiger partial charge in [-0.2, -0.15) is 5.10 Å². The zero-order valence-electron chi connectivity index (χ0n) is 12.8. The third-order valence-electron chi connectivity index (χ3n) is 4.52. The first-order valence-electron chi connectivity index (χ1n) is 7.92. The van der Waals surface area contributed by atoms with Crippen molar-refractivity contribution in [3.05, 3.63) is 47.3 Å². The van der Waals surface area contributed by atoms with Gasteiger partial charge in [-0.05, 0) is 25.1 Å². The van der Waals surface area contributed by atoms with E-state index in [0.29, 0.717) is 17.0 Å². The Kier molecular flexibility index (Phi) is 2.80. The van der Waals surface area contributed by atoms with E-state index in [4.69, 9.17) is 0 Å². The number of nitrogens with one attached hydrogen (secondary N) is 2. The van der Waals surface area contributed by atoms with Crippen LogP contribution in [0, 0.1) is 0 Å². The largest absolute Gasteiger partial charge is 0.328 e. The van der Waals surface area contributed by atoms with E-state index in [0.717, 1.165) is 30.6 Å². The molecular weight excluding hydrogens is 306 g/mol. The van der Waals surface area contributed by atoms with Crippen molar-refractivity contribution in [3.8, 4) is 11.4 Å². The van der Waals surface area contributed by atoms with Crippen LogP contribution >= 0.6 is 0 Å². The summed E-state index contributed by atoms with van der Waals surface area (Å²) < 4.78 is 3.53. The molecule has 8 nitrogen and oxygen atoms in total. The molecule has 1 aliphatic rings. The quantitative estimate of drug-likeness (QED) is 0.574. The van der Waals surface area contributed by atoms with E-state index in [9.17, 15) is 4.79 Å². The number of H-pyrrole nitrogens is 1. The zero-order chi connectivity index (χ0) is 16.1. The second-order valence-corrected chi connectivity index (χ2v) is 5.97. The molecule has 5 rings (SSSR count). The van der Waals surface area contributed by atoms with Crippen LogP contribution in [0.1, 0.15) is 12.5 Å². The summed E-state index contributed by atoms with van der Waals surface area (Å²) in [6.07, 6.45) is 6.23. The summed E-state index contributed by atoms with van der Waals surface area (Å²) in [5.74, 6) is 0.572. The van der Waals surface area contributed by atoms with Gasteiger partial charge in [-0.15, -0.1) is 0 Å². The molecule has 8 heteroatoms. The third kappa shape index (κ3) is 1.89. The lowest BCUT2D eigenvalue weighted by Gasteiger charge is -2.09. The van der Waals surface area contributed by atoms with Crippen LogP contribution in [-0.2, 0) is 0 Å². The van der Waals surface area contributed by atoms with Gasteiger partial charge in [0.15, 0.2) is 11.5 Å². The predicted molar refractivity (Wildman–Crippen MR) is 88.9 cm³/mol. The molecule has 24 heavy (non-hydrogen) atoms. The number of imidazole rings is 1. The van der Waals surface area contributed by atoms with E-state index in [1.54, 1.807) is 21.5 Å². The van der Waals surface area contributed by atoms with Crippen molar-refractivity contribution in [2.45, 2.75) is 12.5 Å². The number of hydrogen-bond acceptors (Lipinski definition) is 5. The monoisotopic (exact) mass is 321 g/mol. The van der Waals surface area contributed by atoms with Crippen molar-refractivity contribution < 1.29 is 0 Å². The lowest BCUT2D eigenvalue weighted by Crippen LogP contribution is -2.24. The minimum Gasteiger partial charge on any atom is -0.315 e. The SMILES string of the molecule is O=c1[nH]c2cnc(-c3cnn4ccccc34)nc2n1[C@H]1CCNC1. The standard InChI is InChI=1S/C16H15N7O/c24-16-20-12-9-18-14(11-8-19-22-6-2-1-3-13(11)22)21-15(12)23(16)10-4-5-17-7-10/h1-3,6,8-10,17H,4-5,7H2,(H,20,24)/t10-/m0/s1. The molecule has 0 aromatic carbocycles. The Balaban J connectivity index is 1.73. The number of aromatic amines is 1. The van der Waals surface area contributed by atoms with Gasteiger partial charge < -0.3 is 10.3 Å². The Morgan fingerprint density at radius 1 is 1.25 bits per heavy atom. The van der Waals surface area contributed by atoms with E-state index < -0.39 is 0 Å². The second kappa shape index (κ2) is 5.00. The van der Waals surface area contributed by atoms with E-state index in [2.05, 4.69) is 25.4 Å². The molecule has 0 unspecified atom stereocenters. The van der Waals surface area contributed by atoms with Crippen LogP contribution in [0.25, 0.3) is 28.1 Å². The number of rotatable bonds is 2. The van der Waals surface area contributed by atoms with Crippen LogP contribution in [0.2, 0.25) is 0 Å². The third-order valence-corrected chi connectivity index (χ3v) is 4.52. The Bertz CT molecular complexity index is 1100. The van der Waals surface area contributed by atoms with Crippen LogP contribution in [0.3, 0.4) is 0 Å². The molecule has 4 aromatic heterocycles.